The summed E-state index contributed by atoms with van der Waals surface area (Å²) in [7, 11) is -3.79. The van der Waals surface area contributed by atoms with Crippen LogP contribution in [-0.2, 0) is 20.2 Å². The molecule has 134 valence electrons. The summed E-state index contributed by atoms with van der Waals surface area (Å²) in [4.78, 5) is 11.9. The van der Waals surface area contributed by atoms with Gasteiger partial charge in [0, 0.05) is 5.69 Å². The first-order chi connectivity index (χ1) is 11.6. The summed E-state index contributed by atoms with van der Waals surface area (Å²) in [5.74, 6) is -0.959. The molecular weight excluding hydrogens is 343 g/mol. The molecule has 0 saturated carbocycles. The lowest BCUT2D eigenvalue weighted by Gasteiger charge is -2.19. The molecule has 0 aliphatic heterocycles. The molecule has 25 heavy (non-hydrogen) atoms. The normalized spacial score (nSPS) is 12.0. The number of sulfonamides is 1. The molecule has 0 aliphatic rings. The summed E-state index contributed by atoms with van der Waals surface area (Å²) in [6.45, 7) is 5.69. The highest BCUT2D eigenvalue weighted by atomic mass is 32.2. The number of anilines is 1. The van der Waals surface area contributed by atoms with Crippen LogP contribution in [-0.4, -0.2) is 20.9 Å². The van der Waals surface area contributed by atoms with Crippen molar-refractivity contribution in [1.29, 1.82) is 0 Å². The van der Waals surface area contributed by atoms with E-state index in [1.807, 2.05) is 20.8 Å². The molecule has 1 amide bonds. The van der Waals surface area contributed by atoms with E-state index in [1.54, 1.807) is 12.1 Å². The third-order valence-electron chi connectivity index (χ3n) is 3.58. The molecule has 0 fully saturated rings. The van der Waals surface area contributed by atoms with E-state index in [-0.39, 0.29) is 10.3 Å². The lowest BCUT2D eigenvalue weighted by molar-refractivity contribution is -0.115. The number of carbonyl (C=O) groups excluding carboxylic acids is 1. The van der Waals surface area contributed by atoms with E-state index < -0.39 is 28.3 Å². The maximum atomic E-state index is 12.8. The molecule has 2 aromatic carbocycles. The molecule has 0 aliphatic carbocycles. The summed E-state index contributed by atoms with van der Waals surface area (Å²) in [5.41, 5.74) is 1.32. The van der Waals surface area contributed by atoms with Crippen molar-refractivity contribution in [3.8, 4) is 0 Å². The van der Waals surface area contributed by atoms with Gasteiger partial charge in [-0.3, -0.25) is 4.79 Å². The number of hydrogen-bond donors (Lipinski definition) is 2. The molecule has 0 aromatic heterocycles. The summed E-state index contributed by atoms with van der Waals surface area (Å²) in [6, 6.07) is 11.7. The van der Waals surface area contributed by atoms with E-state index >= 15 is 0 Å². The van der Waals surface area contributed by atoms with Gasteiger partial charge in [-0.15, -0.1) is 0 Å². The zero-order chi connectivity index (χ0) is 18.7. The van der Waals surface area contributed by atoms with Gasteiger partial charge in [-0.1, -0.05) is 32.9 Å². The van der Waals surface area contributed by atoms with Gasteiger partial charge in [0.05, 0.1) is 11.4 Å². The van der Waals surface area contributed by atoms with Crippen molar-refractivity contribution in [2.75, 3.05) is 11.9 Å². The van der Waals surface area contributed by atoms with Gasteiger partial charge in [-0.05, 0) is 47.4 Å². The van der Waals surface area contributed by atoms with Crippen molar-refractivity contribution >= 4 is 21.6 Å². The number of halogens is 1. The molecule has 0 spiro atoms. The summed E-state index contributed by atoms with van der Waals surface area (Å²) in [6.07, 6.45) is 0. The van der Waals surface area contributed by atoms with Gasteiger partial charge in [0.25, 0.3) is 0 Å². The first-order valence-corrected chi connectivity index (χ1v) is 9.22. The van der Waals surface area contributed by atoms with Gasteiger partial charge in [-0.25, -0.2) is 17.5 Å². The Bertz CT molecular complexity index is 839. The number of rotatable bonds is 5. The van der Waals surface area contributed by atoms with Gasteiger partial charge >= 0.3 is 0 Å². The molecule has 2 aromatic rings. The van der Waals surface area contributed by atoms with Crippen LogP contribution in [0.3, 0.4) is 0 Å². The average molecular weight is 364 g/mol. The quantitative estimate of drug-likeness (QED) is 0.856. The summed E-state index contributed by atoms with van der Waals surface area (Å²) in [5, 5.41) is 2.49. The standard InChI is InChI=1S/C18H21FN2O3S/c1-18(2,3)13-4-10-16(11-5-13)25(23,24)20-12-17(22)21-15-8-6-14(19)7-9-15/h4-11,20H,12H2,1-3H3,(H,21,22). The van der Waals surface area contributed by atoms with Crippen molar-refractivity contribution < 1.29 is 17.6 Å². The predicted molar refractivity (Wildman–Crippen MR) is 95.4 cm³/mol. The Balaban J connectivity index is 1.98. The van der Waals surface area contributed by atoms with Gasteiger partial charge in [0.2, 0.25) is 15.9 Å². The molecule has 0 saturated heterocycles. The highest BCUT2D eigenvalue weighted by molar-refractivity contribution is 7.89. The predicted octanol–water partition coefficient (Wildman–Crippen LogP) is 3.04. The van der Waals surface area contributed by atoms with Crippen LogP contribution in [0.25, 0.3) is 0 Å². The van der Waals surface area contributed by atoms with Crippen molar-refractivity contribution in [3.63, 3.8) is 0 Å². The Labute approximate surface area is 147 Å². The molecule has 5 nitrogen and oxygen atoms in total. The highest BCUT2D eigenvalue weighted by Gasteiger charge is 2.18. The molecule has 2 rings (SSSR count). The van der Waals surface area contributed by atoms with Crippen LogP contribution in [0.5, 0.6) is 0 Å². The number of nitrogens with one attached hydrogen (secondary N) is 2. The molecular formula is C18H21FN2O3S. The van der Waals surface area contributed by atoms with Crippen LogP contribution in [0.4, 0.5) is 10.1 Å². The van der Waals surface area contributed by atoms with Crippen LogP contribution in [0.15, 0.2) is 53.4 Å². The van der Waals surface area contributed by atoms with E-state index in [0.717, 1.165) is 5.56 Å². The topological polar surface area (TPSA) is 75.3 Å². The largest absolute Gasteiger partial charge is 0.325 e. The lowest BCUT2D eigenvalue weighted by atomic mass is 9.87. The fraction of sp³-hybridized carbons (Fsp3) is 0.278. The molecule has 0 radical (unpaired) electrons. The minimum Gasteiger partial charge on any atom is -0.325 e. The molecule has 0 bridgehead atoms. The second-order valence-electron chi connectivity index (χ2n) is 6.65. The third-order valence-corrected chi connectivity index (χ3v) is 5.00. The van der Waals surface area contributed by atoms with Gasteiger partial charge in [-0.2, -0.15) is 0 Å². The number of amides is 1. The van der Waals surface area contributed by atoms with Crippen molar-refractivity contribution in [1.82, 2.24) is 4.72 Å². The summed E-state index contributed by atoms with van der Waals surface area (Å²) < 4.78 is 39.6. The monoisotopic (exact) mass is 364 g/mol. The van der Waals surface area contributed by atoms with Crippen molar-refractivity contribution in [2.24, 2.45) is 0 Å². The van der Waals surface area contributed by atoms with E-state index in [0.29, 0.717) is 5.69 Å². The minimum atomic E-state index is -3.79. The Hall–Kier alpha value is -2.25. The number of hydrogen-bond acceptors (Lipinski definition) is 3. The maximum absolute atomic E-state index is 12.8. The van der Waals surface area contributed by atoms with Crippen molar-refractivity contribution in [2.45, 2.75) is 31.1 Å². The molecule has 2 N–H and O–H groups in total. The molecule has 0 heterocycles. The van der Waals surface area contributed by atoms with Gasteiger partial charge in [0.1, 0.15) is 5.82 Å². The first kappa shape index (κ1) is 19.1. The molecule has 0 atom stereocenters. The third kappa shape index (κ3) is 5.37. The first-order valence-electron chi connectivity index (χ1n) is 7.73. The minimum absolute atomic E-state index is 0.0786. The van der Waals surface area contributed by atoms with Crippen molar-refractivity contribution in [3.05, 3.63) is 59.9 Å². The van der Waals surface area contributed by atoms with Crippen LogP contribution in [0, 0.1) is 5.82 Å². The maximum Gasteiger partial charge on any atom is 0.241 e. The Morgan fingerprint density at radius 1 is 1.00 bits per heavy atom. The zero-order valence-electron chi connectivity index (χ0n) is 14.3. The Morgan fingerprint density at radius 3 is 2.08 bits per heavy atom. The van der Waals surface area contributed by atoms with Gasteiger partial charge < -0.3 is 5.32 Å². The zero-order valence-corrected chi connectivity index (χ0v) is 15.2. The number of benzene rings is 2. The van der Waals surface area contributed by atoms with Crippen LogP contribution < -0.4 is 10.0 Å². The second kappa shape index (κ2) is 7.33. The van der Waals surface area contributed by atoms with Crippen LogP contribution in [0.2, 0.25) is 0 Å². The fourth-order valence-corrected chi connectivity index (χ4v) is 3.10. The fourth-order valence-electron chi connectivity index (χ4n) is 2.12. The van der Waals surface area contributed by atoms with E-state index in [9.17, 15) is 17.6 Å². The van der Waals surface area contributed by atoms with E-state index in [2.05, 4.69) is 10.0 Å². The van der Waals surface area contributed by atoms with E-state index in [4.69, 9.17) is 0 Å². The van der Waals surface area contributed by atoms with Crippen LogP contribution >= 0.6 is 0 Å². The lowest BCUT2D eigenvalue weighted by Crippen LogP contribution is -2.33. The molecule has 0 unspecified atom stereocenters. The number of carbonyl (C=O) groups is 1. The summed E-state index contributed by atoms with van der Waals surface area (Å²) >= 11 is 0. The highest BCUT2D eigenvalue weighted by Crippen LogP contribution is 2.23. The SMILES string of the molecule is CC(C)(C)c1ccc(S(=O)(=O)NCC(=O)Nc2ccc(F)cc2)cc1. The Morgan fingerprint density at radius 2 is 1.56 bits per heavy atom. The van der Waals surface area contributed by atoms with Crippen LogP contribution in [0.1, 0.15) is 26.3 Å². The average Bonchev–Trinajstić information content (AvgIpc) is 2.55. The Kier molecular flexibility index (Phi) is 5.59. The van der Waals surface area contributed by atoms with Gasteiger partial charge in [0.15, 0.2) is 0 Å². The molecule has 7 heteroatoms. The second-order valence-corrected chi connectivity index (χ2v) is 8.42. The van der Waals surface area contributed by atoms with E-state index in [1.165, 1.54) is 36.4 Å². The smallest absolute Gasteiger partial charge is 0.241 e.